The maximum absolute atomic E-state index is 12.4. The first-order valence-corrected chi connectivity index (χ1v) is 9.33. The molecule has 8 nitrogen and oxygen atoms in total. The van der Waals surface area contributed by atoms with Crippen molar-refractivity contribution in [2.45, 2.75) is 44.2 Å². The van der Waals surface area contributed by atoms with E-state index in [1.165, 1.54) is 13.0 Å². The highest BCUT2D eigenvalue weighted by molar-refractivity contribution is 7.90. The molecule has 1 amide bonds. The molecular weight excluding hydrogens is 346 g/mol. The number of aliphatic carboxylic acids is 1. The number of amidine groups is 1. The molecule has 0 aliphatic carbocycles. The van der Waals surface area contributed by atoms with Crippen LogP contribution < -0.4 is 10.0 Å². The normalized spacial score (nSPS) is 19.1. The van der Waals surface area contributed by atoms with E-state index in [1.807, 2.05) is 13.8 Å². The molecule has 1 aromatic rings. The number of fused-ring (bicyclic) bond motifs is 1. The fraction of sp³-hybridized carbons (Fsp3) is 0.438. The SMILES string of the molecule is CC(C)CC(N=C1NS(=O)(=O)c2ccccc21)C(=O)N[C@H](C)C(=O)O. The molecule has 0 saturated heterocycles. The molecule has 1 heterocycles. The van der Waals surface area contributed by atoms with Crippen LogP contribution in [0, 0.1) is 5.92 Å². The molecule has 0 aromatic heterocycles. The van der Waals surface area contributed by atoms with E-state index in [-0.39, 0.29) is 16.6 Å². The Morgan fingerprint density at radius 1 is 1.24 bits per heavy atom. The number of carboxylic acid groups (broad SMARTS) is 1. The zero-order chi connectivity index (χ0) is 18.8. The molecule has 1 aliphatic heterocycles. The molecule has 0 saturated carbocycles. The standard InChI is InChI=1S/C16H21N3O5S/c1-9(2)8-12(15(20)17-10(3)16(21)22)18-14-11-6-4-5-7-13(11)25(23,24)19-14/h4-7,9-10,12H,8H2,1-3H3,(H,17,20)(H,18,19)(H,21,22)/t10-,12?/m1/s1. The highest BCUT2D eigenvalue weighted by Gasteiger charge is 2.32. The van der Waals surface area contributed by atoms with Gasteiger partial charge in [0.2, 0.25) is 5.91 Å². The van der Waals surface area contributed by atoms with E-state index in [0.29, 0.717) is 12.0 Å². The number of sulfonamides is 1. The number of nitrogens with one attached hydrogen (secondary N) is 2. The van der Waals surface area contributed by atoms with Gasteiger partial charge in [0, 0.05) is 5.56 Å². The summed E-state index contributed by atoms with van der Waals surface area (Å²) in [5, 5.41) is 11.3. The monoisotopic (exact) mass is 367 g/mol. The molecule has 0 radical (unpaired) electrons. The third-order valence-corrected chi connectivity index (χ3v) is 5.07. The van der Waals surface area contributed by atoms with Crippen LogP contribution in [0.1, 0.15) is 32.8 Å². The summed E-state index contributed by atoms with van der Waals surface area (Å²) in [5.41, 5.74) is 0.398. The molecule has 1 aliphatic rings. The summed E-state index contributed by atoms with van der Waals surface area (Å²) in [6, 6.07) is 4.40. The van der Waals surface area contributed by atoms with Gasteiger partial charge in [-0.1, -0.05) is 26.0 Å². The highest BCUT2D eigenvalue weighted by Crippen LogP contribution is 2.23. The molecule has 0 fully saturated rings. The largest absolute Gasteiger partial charge is 0.480 e. The van der Waals surface area contributed by atoms with E-state index in [2.05, 4.69) is 15.0 Å². The maximum Gasteiger partial charge on any atom is 0.325 e. The quantitative estimate of drug-likeness (QED) is 0.683. The van der Waals surface area contributed by atoms with Gasteiger partial charge in [-0.25, -0.2) is 8.42 Å². The van der Waals surface area contributed by atoms with E-state index < -0.39 is 34.0 Å². The molecule has 2 rings (SSSR count). The predicted octanol–water partition coefficient (Wildman–Crippen LogP) is 0.729. The Morgan fingerprint density at radius 3 is 2.48 bits per heavy atom. The number of aliphatic imine (C=N–C) groups is 1. The van der Waals surface area contributed by atoms with Crippen molar-refractivity contribution in [3.8, 4) is 0 Å². The fourth-order valence-electron chi connectivity index (χ4n) is 2.42. The number of benzene rings is 1. The summed E-state index contributed by atoms with van der Waals surface area (Å²) < 4.78 is 26.6. The van der Waals surface area contributed by atoms with Crippen LogP contribution in [0.25, 0.3) is 0 Å². The number of rotatable bonds is 6. The zero-order valence-electron chi connectivity index (χ0n) is 14.2. The first-order chi connectivity index (χ1) is 11.6. The zero-order valence-corrected chi connectivity index (χ0v) is 15.0. The van der Waals surface area contributed by atoms with Gasteiger partial charge in [-0.15, -0.1) is 0 Å². The summed E-state index contributed by atoms with van der Waals surface area (Å²) in [7, 11) is -3.70. The predicted molar refractivity (Wildman–Crippen MR) is 91.8 cm³/mol. The lowest BCUT2D eigenvalue weighted by atomic mass is 10.0. The Labute approximate surface area is 146 Å². The van der Waals surface area contributed by atoms with Crippen molar-refractivity contribution in [2.75, 3.05) is 0 Å². The molecule has 0 spiro atoms. The highest BCUT2D eigenvalue weighted by atomic mass is 32.2. The Bertz CT molecular complexity index is 817. The van der Waals surface area contributed by atoms with Gasteiger partial charge < -0.3 is 10.4 Å². The van der Waals surface area contributed by atoms with Gasteiger partial charge in [-0.3, -0.25) is 19.3 Å². The first-order valence-electron chi connectivity index (χ1n) is 7.85. The minimum atomic E-state index is -3.70. The third-order valence-electron chi connectivity index (χ3n) is 3.67. The molecule has 9 heteroatoms. The van der Waals surface area contributed by atoms with Gasteiger partial charge in [0.25, 0.3) is 10.0 Å². The first kappa shape index (κ1) is 18.9. The molecule has 0 bridgehead atoms. The third kappa shape index (κ3) is 4.36. The molecule has 3 N–H and O–H groups in total. The summed E-state index contributed by atoms with van der Waals surface area (Å²) in [6.07, 6.45) is 0.353. The van der Waals surface area contributed by atoms with Gasteiger partial charge in [-0.05, 0) is 31.4 Å². The minimum absolute atomic E-state index is 0.0966. The van der Waals surface area contributed by atoms with Crippen molar-refractivity contribution in [3.05, 3.63) is 29.8 Å². The van der Waals surface area contributed by atoms with Crippen molar-refractivity contribution < 1.29 is 23.1 Å². The summed E-state index contributed by atoms with van der Waals surface area (Å²) in [6.45, 7) is 5.15. The minimum Gasteiger partial charge on any atom is -0.480 e. The average Bonchev–Trinajstić information content (AvgIpc) is 2.77. The lowest BCUT2D eigenvalue weighted by Crippen LogP contribution is -2.44. The van der Waals surface area contributed by atoms with Crippen molar-refractivity contribution in [2.24, 2.45) is 10.9 Å². The second kappa shape index (κ2) is 7.22. The van der Waals surface area contributed by atoms with Crippen molar-refractivity contribution in [1.82, 2.24) is 10.0 Å². The Hall–Kier alpha value is -2.42. The van der Waals surface area contributed by atoms with Crippen LogP contribution in [0.2, 0.25) is 0 Å². The number of carboxylic acids is 1. The molecule has 2 atom stereocenters. The van der Waals surface area contributed by atoms with E-state index >= 15 is 0 Å². The molecule has 1 unspecified atom stereocenters. The van der Waals surface area contributed by atoms with Crippen LogP contribution >= 0.6 is 0 Å². The van der Waals surface area contributed by atoms with E-state index in [9.17, 15) is 18.0 Å². The van der Waals surface area contributed by atoms with Gasteiger partial charge in [-0.2, -0.15) is 0 Å². The smallest absolute Gasteiger partial charge is 0.325 e. The summed E-state index contributed by atoms with van der Waals surface area (Å²) in [5.74, 6) is -1.51. The van der Waals surface area contributed by atoms with Crippen LogP contribution in [-0.4, -0.2) is 43.3 Å². The van der Waals surface area contributed by atoms with E-state index in [4.69, 9.17) is 5.11 Å². The van der Waals surface area contributed by atoms with Crippen LogP contribution in [0.15, 0.2) is 34.2 Å². The number of nitrogens with zero attached hydrogens (tertiary/aromatic N) is 1. The molecule has 1 aromatic carbocycles. The Kier molecular flexibility index (Phi) is 5.46. The average molecular weight is 367 g/mol. The lowest BCUT2D eigenvalue weighted by molar-refractivity contribution is -0.141. The van der Waals surface area contributed by atoms with Crippen molar-refractivity contribution in [3.63, 3.8) is 0 Å². The lowest BCUT2D eigenvalue weighted by Gasteiger charge is -2.17. The van der Waals surface area contributed by atoms with Gasteiger partial charge in [0.05, 0.1) is 4.90 Å². The number of hydrogen-bond acceptors (Lipinski definition) is 5. The topological polar surface area (TPSA) is 125 Å². The van der Waals surface area contributed by atoms with Gasteiger partial charge in [0.1, 0.15) is 17.9 Å². The summed E-state index contributed by atoms with van der Waals surface area (Å²) >= 11 is 0. The van der Waals surface area contributed by atoms with Crippen LogP contribution in [0.4, 0.5) is 0 Å². The maximum atomic E-state index is 12.4. The number of carbonyl (C=O) groups excluding carboxylic acids is 1. The van der Waals surface area contributed by atoms with Crippen molar-refractivity contribution in [1.29, 1.82) is 0 Å². The second-order valence-electron chi connectivity index (χ2n) is 6.29. The number of amides is 1. The van der Waals surface area contributed by atoms with Crippen LogP contribution in [0.3, 0.4) is 0 Å². The van der Waals surface area contributed by atoms with E-state index in [0.717, 1.165) is 0 Å². The van der Waals surface area contributed by atoms with Crippen molar-refractivity contribution >= 4 is 27.7 Å². The molecular formula is C16H21N3O5S. The fourth-order valence-corrected chi connectivity index (χ4v) is 3.66. The second-order valence-corrected chi connectivity index (χ2v) is 7.94. The van der Waals surface area contributed by atoms with Crippen LogP contribution in [0.5, 0.6) is 0 Å². The van der Waals surface area contributed by atoms with Crippen LogP contribution in [-0.2, 0) is 19.6 Å². The Balaban J connectivity index is 2.35. The van der Waals surface area contributed by atoms with Gasteiger partial charge in [0.15, 0.2) is 0 Å². The molecule has 136 valence electrons. The summed E-state index contributed by atoms with van der Waals surface area (Å²) in [4.78, 5) is 27.7. The molecule has 25 heavy (non-hydrogen) atoms. The Morgan fingerprint density at radius 2 is 1.88 bits per heavy atom. The number of carbonyl (C=O) groups is 2. The number of hydrogen-bond donors (Lipinski definition) is 3. The van der Waals surface area contributed by atoms with E-state index in [1.54, 1.807) is 18.2 Å². The van der Waals surface area contributed by atoms with Gasteiger partial charge >= 0.3 is 5.97 Å².